The van der Waals surface area contributed by atoms with Crippen molar-refractivity contribution in [3.05, 3.63) is 92.9 Å². The summed E-state index contributed by atoms with van der Waals surface area (Å²) in [7, 11) is 1.64. The molecule has 5 heteroatoms. The quantitative estimate of drug-likeness (QED) is 0.550. The molecule has 3 aromatic carbocycles. The smallest absolute Gasteiger partial charge is 0.195 e. The number of methoxy groups -OCH3 is 1. The number of ketones is 1. The van der Waals surface area contributed by atoms with Crippen LogP contribution in [0.1, 0.15) is 21.5 Å². The van der Waals surface area contributed by atoms with Crippen LogP contribution in [0.3, 0.4) is 0 Å². The van der Waals surface area contributed by atoms with Gasteiger partial charge in [-0.2, -0.15) is 0 Å². The molecule has 0 amide bonds. The monoisotopic (exact) mass is 441 g/mol. The molecule has 1 aliphatic heterocycles. The van der Waals surface area contributed by atoms with E-state index in [1.54, 1.807) is 7.11 Å². The second-order valence-corrected chi connectivity index (χ2v) is 7.84. The van der Waals surface area contributed by atoms with E-state index in [9.17, 15) is 4.79 Å². The number of fused-ring (bicyclic) bond motifs is 1. The molecule has 27 heavy (non-hydrogen) atoms. The number of carbonyl (C=O) groups is 1. The first-order valence-electron chi connectivity index (χ1n) is 8.54. The standard InChI is InChI=1S/C22H17BrClNO2/c1-27-17-10-11-19(23)14(12-17)13-22(15-6-8-16(24)9-7-15)21(26)18-4-2-3-5-20(18)25-22/h2-12,25H,13H2,1H3. The molecule has 1 aliphatic rings. The number of nitrogens with one attached hydrogen (secondary N) is 1. The largest absolute Gasteiger partial charge is 0.497 e. The lowest BCUT2D eigenvalue weighted by Crippen LogP contribution is -2.41. The Morgan fingerprint density at radius 1 is 1.07 bits per heavy atom. The number of hydrogen-bond acceptors (Lipinski definition) is 3. The third kappa shape index (κ3) is 3.13. The van der Waals surface area contributed by atoms with Gasteiger partial charge in [-0.15, -0.1) is 0 Å². The maximum Gasteiger partial charge on any atom is 0.195 e. The number of rotatable bonds is 4. The summed E-state index contributed by atoms with van der Waals surface area (Å²) < 4.78 is 6.31. The first kappa shape index (κ1) is 18.1. The molecule has 3 nitrogen and oxygen atoms in total. The summed E-state index contributed by atoms with van der Waals surface area (Å²) in [6.07, 6.45) is 0.472. The predicted molar refractivity (Wildman–Crippen MR) is 112 cm³/mol. The van der Waals surface area contributed by atoms with Crippen molar-refractivity contribution in [3.8, 4) is 5.75 Å². The number of anilines is 1. The molecule has 0 saturated carbocycles. The summed E-state index contributed by atoms with van der Waals surface area (Å²) in [6, 6.07) is 20.9. The zero-order chi connectivity index (χ0) is 19.0. The van der Waals surface area contributed by atoms with E-state index in [1.165, 1.54) is 0 Å². The minimum Gasteiger partial charge on any atom is -0.497 e. The van der Waals surface area contributed by atoms with Crippen LogP contribution in [-0.4, -0.2) is 12.9 Å². The lowest BCUT2D eigenvalue weighted by Gasteiger charge is -2.30. The summed E-state index contributed by atoms with van der Waals surface area (Å²) in [4.78, 5) is 13.5. The molecule has 1 N–H and O–H groups in total. The average Bonchev–Trinajstić information content (AvgIpc) is 2.97. The van der Waals surface area contributed by atoms with Crippen molar-refractivity contribution in [1.82, 2.24) is 0 Å². The van der Waals surface area contributed by atoms with E-state index in [0.29, 0.717) is 17.0 Å². The van der Waals surface area contributed by atoms with Crippen molar-refractivity contribution >= 4 is 39.0 Å². The zero-order valence-electron chi connectivity index (χ0n) is 14.6. The normalized spacial score (nSPS) is 18.1. The molecule has 136 valence electrons. The van der Waals surface area contributed by atoms with Crippen LogP contribution in [0.5, 0.6) is 5.75 Å². The Morgan fingerprint density at radius 2 is 1.81 bits per heavy atom. The van der Waals surface area contributed by atoms with E-state index in [1.807, 2.05) is 66.7 Å². The SMILES string of the molecule is COc1ccc(Br)c(CC2(c3ccc(Cl)cc3)Nc3ccccc3C2=O)c1. The molecule has 0 bridgehead atoms. The minimum atomic E-state index is -0.900. The third-order valence-electron chi connectivity index (χ3n) is 4.95. The van der Waals surface area contributed by atoms with Crippen molar-refractivity contribution in [2.24, 2.45) is 0 Å². The van der Waals surface area contributed by atoms with E-state index in [4.69, 9.17) is 16.3 Å². The Morgan fingerprint density at radius 3 is 2.52 bits per heavy atom. The van der Waals surface area contributed by atoms with Crippen molar-refractivity contribution in [3.63, 3.8) is 0 Å². The fourth-order valence-electron chi connectivity index (χ4n) is 3.57. The van der Waals surface area contributed by atoms with E-state index in [2.05, 4.69) is 21.2 Å². The zero-order valence-corrected chi connectivity index (χ0v) is 17.0. The van der Waals surface area contributed by atoms with Crippen molar-refractivity contribution in [2.75, 3.05) is 12.4 Å². The van der Waals surface area contributed by atoms with Crippen LogP contribution in [0.25, 0.3) is 0 Å². The number of benzene rings is 3. The lowest BCUT2D eigenvalue weighted by atomic mass is 9.80. The summed E-state index contributed by atoms with van der Waals surface area (Å²) in [5.41, 5.74) is 2.51. The molecule has 4 rings (SSSR count). The minimum absolute atomic E-state index is 0.0511. The number of carbonyl (C=O) groups excluding carboxylic acids is 1. The summed E-state index contributed by atoms with van der Waals surface area (Å²) >= 11 is 9.70. The van der Waals surface area contributed by atoms with Gasteiger partial charge in [0, 0.05) is 27.2 Å². The Balaban J connectivity index is 1.86. The van der Waals surface area contributed by atoms with E-state index < -0.39 is 5.54 Å². The lowest BCUT2D eigenvalue weighted by molar-refractivity contribution is 0.0916. The second-order valence-electron chi connectivity index (χ2n) is 6.55. The molecule has 3 aromatic rings. The van der Waals surface area contributed by atoms with Crippen LogP contribution in [0, 0.1) is 0 Å². The van der Waals surface area contributed by atoms with Gasteiger partial charge < -0.3 is 10.1 Å². The van der Waals surface area contributed by atoms with Gasteiger partial charge in [-0.1, -0.05) is 51.8 Å². The Kier molecular flexibility index (Phi) is 4.70. The highest BCUT2D eigenvalue weighted by Gasteiger charge is 2.46. The molecule has 0 radical (unpaired) electrons. The highest BCUT2D eigenvalue weighted by atomic mass is 79.9. The van der Waals surface area contributed by atoms with E-state index >= 15 is 0 Å². The predicted octanol–water partition coefficient (Wildman–Crippen LogP) is 5.86. The first-order valence-corrected chi connectivity index (χ1v) is 9.71. The Bertz CT molecular complexity index is 1020. The molecule has 0 aliphatic carbocycles. The third-order valence-corrected chi connectivity index (χ3v) is 5.98. The van der Waals surface area contributed by atoms with E-state index in [-0.39, 0.29) is 5.78 Å². The maximum atomic E-state index is 13.5. The van der Waals surface area contributed by atoms with Crippen LogP contribution < -0.4 is 10.1 Å². The number of halogens is 2. The van der Waals surface area contributed by atoms with Crippen molar-refractivity contribution in [1.29, 1.82) is 0 Å². The Hall–Kier alpha value is -2.30. The molecular formula is C22H17BrClNO2. The molecule has 0 fully saturated rings. The number of Topliss-reactive ketones (excluding diaryl/α,β-unsaturated/α-hetero) is 1. The summed E-state index contributed by atoms with van der Waals surface area (Å²) in [5, 5.41) is 4.13. The molecule has 1 atom stereocenters. The molecular weight excluding hydrogens is 426 g/mol. The van der Waals surface area contributed by atoms with Gasteiger partial charge in [0.2, 0.25) is 0 Å². The number of para-hydroxylation sites is 1. The Labute approximate surface area is 171 Å². The summed E-state index contributed by atoms with van der Waals surface area (Å²) in [5.74, 6) is 0.803. The van der Waals surface area contributed by atoms with Gasteiger partial charge in [0.15, 0.2) is 5.78 Å². The highest BCUT2D eigenvalue weighted by Crippen LogP contribution is 2.43. The molecule has 0 aromatic heterocycles. The number of ether oxygens (including phenoxy) is 1. The van der Waals surface area contributed by atoms with Crippen LogP contribution >= 0.6 is 27.5 Å². The van der Waals surface area contributed by atoms with Crippen LogP contribution in [0.2, 0.25) is 5.02 Å². The molecule has 1 heterocycles. The second kappa shape index (κ2) is 7.02. The number of hydrogen-bond donors (Lipinski definition) is 1. The van der Waals surface area contributed by atoms with Gasteiger partial charge in [0.05, 0.1) is 7.11 Å². The molecule has 0 saturated heterocycles. The van der Waals surface area contributed by atoms with Gasteiger partial charge in [-0.3, -0.25) is 4.79 Å². The van der Waals surface area contributed by atoms with Crippen LogP contribution in [-0.2, 0) is 12.0 Å². The first-order chi connectivity index (χ1) is 13.0. The van der Waals surface area contributed by atoms with E-state index in [0.717, 1.165) is 27.0 Å². The van der Waals surface area contributed by atoms with Crippen LogP contribution in [0.15, 0.2) is 71.2 Å². The molecule has 0 spiro atoms. The topological polar surface area (TPSA) is 38.3 Å². The van der Waals surface area contributed by atoms with Gasteiger partial charge in [0.1, 0.15) is 11.3 Å². The van der Waals surface area contributed by atoms with Crippen LogP contribution in [0.4, 0.5) is 5.69 Å². The highest BCUT2D eigenvalue weighted by molar-refractivity contribution is 9.10. The van der Waals surface area contributed by atoms with Crippen molar-refractivity contribution < 1.29 is 9.53 Å². The average molecular weight is 443 g/mol. The fraction of sp³-hybridized carbons (Fsp3) is 0.136. The van der Waals surface area contributed by atoms with Gasteiger partial charge in [-0.25, -0.2) is 0 Å². The van der Waals surface area contributed by atoms with Gasteiger partial charge >= 0.3 is 0 Å². The summed E-state index contributed by atoms with van der Waals surface area (Å²) in [6.45, 7) is 0. The molecule has 1 unspecified atom stereocenters. The van der Waals surface area contributed by atoms with Gasteiger partial charge in [0.25, 0.3) is 0 Å². The maximum absolute atomic E-state index is 13.5. The van der Waals surface area contributed by atoms with Crippen molar-refractivity contribution in [2.45, 2.75) is 12.0 Å². The fourth-order valence-corrected chi connectivity index (χ4v) is 4.08. The van der Waals surface area contributed by atoms with Gasteiger partial charge in [-0.05, 0) is 53.6 Å².